The second-order valence-corrected chi connectivity index (χ2v) is 8.15. The number of hydrogen-bond donors (Lipinski definition) is 1. The van der Waals surface area contributed by atoms with Gasteiger partial charge in [0.25, 0.3) is 0 Å². The first-order chi connectivity index (χ1) is 11.3. The van der Waals surface area contributed by atoms with Gasteiger partial charge in [0.05, 0.1) is 17.4 Å². The van der Waals surface area contributed by atoms with Gasteiger partial charge in [-0.15, -0.1) is 0 Å². The van der Waals surface area contributed by atoms with E-state index in [4.69, 9.17) is 0 Å². The molecular weight excluding hydrogens is 328 g/mol. The molecule has 3 heterocycles. The summed E-state index contributed by atoms with van der Waals surface area (Å²) in [5, 5.41) is 7.51. The van der Waals surface area contributed by atoms with Crippen molar-refractivity contribution in [1.29, 1.82) is 0 Å². The summed E-state index contributed by atoms with van der Waals surface area (Å²) in [4.78, 5) is 8.51. The molecule has 1 aliphatic heterocycles. The maximum atomic E-state index is 12.9. The van der Waals surface area contributed by atoms with Crippen LogP contribution in [0.2, 0.25) is 0 Å². The summed E-state index contributed by atoms with van der Waals surface area (Å²) < 4.78 is 29.0. The van der Waals surface area contributed by atoms with E-state index in [2.05, 4.69) is 20.4 Å². The fraction of sp³-hybridized carbons (Fsp3) is 0.533. The molecule has 0 radical (unpaired) electrons. The minimum Gasteiger partial charge on any atom is -0.349 e. The molecule has 3 rings (SSSR count). The number of anilines is 1. The SMILES string of the molecule is Cc1nn(C(C)C)c(C)c1S(=O)(=O)N1CC(Nc2ncccn2)C1. The number of aromatic nitrogens is 4. The number of aryl methyl sites for hydroxylation is 1. The Hall–Kier alpha value is -2.00. The van der Waals surface area contributed by atoms with Crippen molar-refractivity contribution in [2.75, 3.05) is 18.4 Å². The highest BCUT2D eigenvalue weighted by Crippen LogP contribution is 2.28. The van der Waals surface area contributed by atoms with Gasteiger partial charge in [-0.2, -0.15) is 9.40 Å². The summed E-state index contributed by atoms with van der Waals surface area (Å²) in [6, 6.07) is 1.87. The van der Waals surface area contributed by atoms with E-state index < -0.39 is 10.0 Å². The molecule has 8 nitrogen and oxygen atoms in total. The third kappa shape index (κ3) is 2.89. The van der Waals surface area contributed by atoms with Crippen molar-refractivity contribution in [3.05, 3.63) is 29.8 Å². The predicted molar refractivity (Wildman–Crippen MR) is 90.3 cm³/mol. The Morgan fingerprint density at radius 2 is 1.83 bits per heavy atom. The highest BCUT2D eigenvalue weighted by atomic mass is 32.2. The molecule has 24 heavy (non-hydrogen) atoms. The van der Waals surface area contributed by atoms with E-state index in [1.807, 2.05) is 13.8 Å². The normalized spacial score (nSPS) is 16.4. The molecular formula is C15H22N6O2S. The van der Waals surface area contributed by atoms with Crippen LogP contribution in [-0.4, -0.2) is 51.6 Å². The fourth-order valence-electron chi connectivity index (χ4n) is 2.93. The fourth-order valence-corrected chi connectivity index (χ4v) is 4.83. The average Bonchev–Trinajstić information content (AvgIpc) is 2.79. The molecule has 0 amide bonds. The van der Waals surface area contributed by atoms with Crippen LogP contribution in [0.3, 0.4) is 0 Å². The summed E-state index contributed by atoms with van der Waals surface area (Å²) in [5.41, 5.74) is 1.23. The molecule has 0 aromatic carbocycles. The van der Waals surface area contributed by atoms with Gasteiger partial charge in [0.15, 0.2) is 0 Å². The van der Waals surface area contributed by atoms with Crippen molar-refractivity contribution in [3.63, 3.8) is 0 Å². The Balaban J connectivity index is 1.74. The Bertz CT molecular complexity index is 825. The van der Waals surface area contributed by atoms with Crippen molar-refractivity contribution in [2.24, 2.45) is 0 Å². The van der Waals surface area contributed by atoms with E-state index in [0.717, 1.165) is 0 Å². The maximum absolute atomic E-state index is 12.9. The van der Waals surface area contributed by atoms with E-state index in [-0.39, 0.29) is 12.1 Å². The molecule has 0 bridgehead atoms. The van der Waals surface area contributed by atoms with E-state index in [1.54, 1.807) is 37.0 Å². The van der Waals surface area contributed by atoms with Crippen molar-refractivity contribution in [1.82, 2.24) is 24.1 Å². The van der Waals surface area contributed by atoms with Crippen LogP contribution in [0.25, 0.3) is 0 Å². The molecule has 130 valence electrons. The van der Waals surface area contributed by atoms with Crippen molar-refractivity contribution in [3.8, 4) is 0 Å². The average molecular weight is 350 g/mol. The zero-order valence-corrected chi connectivity index (χ0v) is 15.1. The number of nitrogens with one attached hydrogen (secondary N) is 1. The minimum absolute atomic E-state index is 0.0166. The van der Waals surface area contributed by atoms with Crippen molar-refractivity contribution >= 4 is 16.0 Å². The highest BCUT2D eigenvalue weighted by Gasteiger charge is 2.39. The Morgan fingerprint density at radius 3 is 2.38 bits per heavy atom. The molecule has 0 aliphatic carbocycles. The molecule has 0 atom stereocenters. The number of hydrogen-bond acceptors (Lipinski definition) is 6. The zero-order chi connectivity index (χ0) is 17.5. The molecule has 0 unspecified atom stereocenters. The van der Waals surface area contributed by atoms with Gasteiger partial charge < -0.3 is 5.32 Å². The Labute approximate surface area is 142 Å². The third-order valence-electron chi connectivity index (χ3n) is 4.09. The van der Waals surface area contributed by atoms with Crippen LogP contribution in [0.1, 0.15) is 31.3 Å². The van der Waals surface area contributed by atoms with Crippen molar-refractivity contribution < 1.29 is 8.42 Å². The predicted octanol–water partition coefficient (Wildman–Crippen LogP) is 1.36. The van der Waals surface area contributed by atoms with Gasteiger partial charge in [0.1, 0.15) is 4.90 Å². The van der Waals surface area contributed by atoms with E-state index in [9.17, 15) is 8.42 Å². The molecule has 1 N–H and O–H groups in total. The molecule has 1 aliphatic rings. The summed E-state index contributed by atoms with van der Waals surface area (Å²) in [5.74, 6) is 0.513. The molecule has 0 saturated carbocycles. The summed E-state index contributed by atoms with van der Waals surface area (Å²) in [6.07, 6.45) is 3.30. The van der Waals surface area contributed by atoms with Crippen LogP contribution in [0, 0.1) is 13.8 Å². The molecule has 2 aromatic heterocycles. The smallest absolute Gasteiger partial charge is 0.246 e. The summed E-state index contributed by atoms with van der Waals surface area (Å²) >= 11 is 0. The first-order valence-corrected chi connectivity index (χ1v) is 9.34. The Morgan fingerprint density at radius 1 is 1.21 bits per heavy atom. The quantitative estimate of drug-likeness (QED) is 0.875. The zero-order valence-electron chi connectivity index (χ0n) is 14.3. The number of sulfonamides is 1. The van der Waals surface area contributed by atoms with Crippen LogP contribution in [-0.2, 0) is 10.0 Å². The molecule has 9 heteroatoms. The van der Waals surface area contributed by atoms with Gasteiger partial charge in [-0.3, -0.25) is 4.68 Å². The lowest BCUT2D eigenvalue weighted by atomic mass is 10.2. The third-order valence-corrected chi connectivity index (χ3v) is 6.18. The van der Waals surface area contributed by atoms with Gasteiger partial charge in [-0.05, 0) is 33.8 Å². The Kier molecular flexibility index (Phi) is 4.31. The molecule has 2 aromatic rings. The second kappa shape index (κ2) is 6.14. The van der Waals surface area contributed by atoms with E-state index >= 15 is 0 Å². The largest absolute Gasteiger partial charge is 0.349 e. The number of nitrogens with zero attached hydrogens (tertiary/aromatic N) is 5. The second-order valence-electron chi connectivity index (χ2n) is 6.27. The number of rotatable bonds is 5. The first-order valence-electron chi connectivity index (χ1n) is 7.90. The van der Waals surface area contributed by atoms with Crippen LogP contribution in [0.4, 0.5) is 5.95 Å². The lowest BCUT2D eigenvalue weighted by molar-refractivity contribution is 0.279. The molecule has 1 saturated heterocycles. The lowest BCUT2D eigenvalue weighted by Crippen LogP contribution is -2.57. The first kappa shape index (κ1) is 16.8. The molecule has 0 spiro atoms. The minimum atomic E-state index is -3.53. The standard InChI is InChI=1S/C15H22N6O2S/c1-10(2)21-12(4)14(11(3)19-21)24(22,23)20-8-13(9-20)18-15-16-6-5-7-17-15/h5-7,10,13H,8-9H2,1-4H3,(H,16,17,18). The van der Waals surface area contributed by atoms with E-state index in [1.165, 1.54) is 4.31 Å². The highest BCUT2D eigenvalue weighted by molar-refractivity contribution is 7.89. The van der Waals surface area contributed by atoms with Gasteiger partial charge >= 0.3 is 0 Å². The monoisotopic (exact) mass is 350 g/mol. The van der Waals surface area contributed by atoms with Gasteiger partial charge in [-0.1, -0.05) is 0 Å². The van der Waals surface area contributed by atoms with Crippen LogP contribution >= 0.6 is 0 Å². The molecule has 1 fully saturated rings. The van der Waals surface area contributed by atoms with Crippen LogP contribution in [0.15, 0.2) is 23.4 Å². The summed E-state index contributed by atoms with van der Waals surface area (Å²) in [7, 11) is -3.53. The summed E-state index contributed by atoms with van der Waals surface area (Å²) in [6.45, 7) is 8.31. The van der Waals surface area contributed by atoms with Crippen molar-refractivity contribution in [2.45, 2.75) is 44.7 Å². The lowest BCUT2D eigenvalue weighted by Gasteiger charge is -2.38. The maximum Gasteiger partial charge on any atom is 0.246 e. The van der Waals surface area contributed by atoms with Crippen LogP contribution < -0.4 is 5.32 Å². The van der Waals surface area contributed by atoms with Crippen LogP contribution in [0.5, 0.6) is 0 Å². The van der Waals surface area contributed by atoms with Gasteiger partial charge in [0, 0.05) is 31.5 Å². The van der Waals surface area contributed by atoms with Gasteiger partial charge in [0.2, 0.25) is 16.0 Å². The van der Waals surface area contributed by atoms with Gasteiger partial charge in [-0.25, -0.2) is 18.4 Å². The van der Waals surface area contributed by atoms with E-state index in [0.29, 0.717) is 35.3 Å². The topological polar surface area (TPSA) is 93.0 Å².